The second-order valence-corrected chi connectivity index (χ2v) is 5.05. The molecule has 0 saturated heterocycles. The van der Waals surface area contributed by atoms with Crippen LogP contribution in [-0.2, 0) is 6.42 Å². The van der Waals surface area contributed by atoms with Crippen LogP contribution in [-0.4, -0.2) is 27.2 Å². The molecule has 0 bridgehead atoms. The molecule has 1 aromatic rings. The summed E-state index contributed by atoms with van der Waals surface area (Å²) in [6, 6.07) is 7.00. The van der Waals surface area contributed by atoms with Crippen LogP contribution in [0, 0.1) is 0 Å². The van der Waals surface area contributed by atoms with E-state index in [1.165, 1.54) is 30.6 Å². The molecule has 0 aromatic heterocycles. The van der Waals surface area contributed by atoms with Crippen molar-refractivity contribution >= 4 is 5.69 Å². The second kappa shape index (κ2) is 5.54. The SMILES string of the molecule is CCc1ccc2c(c1)C(CCNC)CCN2C. The second-order valence-electron chi connectivity index (χ2n) is 5.05. The van der Waals surface area contributed by atoms with Crippen LogP contribution in [0.1, 0.15) is 36.8 Å². The number of benzene rings is 1. The fraction of sp³-hybridized carbons (Fsp3) is 0.600. The van der Waals surface area contributed by atoms with Crippen molar-refractivity contribution in [3.63, 3.8) is 0 Å². The maximum absolute atomic E-state index is 3.27. The number of rotatable bonds is 4. The number of hydrogen-bond donors (Lipinski definition) is 1. The Hall–Kier alpha value is -1.02. The maximum atomic E-state index is 3.27. The van der Waals surface area contributed by atoms with Gasteiger partial charge in [-0.2, -0.15) is 0 Å². The van der Waals surface area contributed by atoms with Gasteiger partial charge in [-0.15, -0.1) is 0 Å². The van der Waals surface area contributed by atoms with Crippen molar-refractivity contribution in [2.75, 3.05) is 32.1 Å². The van der Waals surface area contributed by atoms with Crippen LogP contribution in [0.4, 0.5) is 5.69 Å². The highest BCUT2D eigenvalue weighted by Crippen LogP contribution is 2.36. The molecule has 1 unspecified atom stereocenters. The molecule has 0 aliphatic carbocycles. The topological polar surface area (TPSA) is 15.3 Å². The summed E-state index contributed by atoms with van der Waals surface area (Å²) in [6.45, 7) is 4.54. The monoisotopic (exact) mass is 232 g/mol. The van der Waals surface area contributed by atoms with Gasteiger partial charge in [0.1, 0.15) is 0 Å². The van der Waals surface area contributed by atoms with Gasteiger partial charge in [-0.1, -0.05) is 19.1 Å². The fourth-order valence-corrected chi connectivity index (χ4v) is 2.74. The maximum Gasteiger partial charge on any atom is 0.0399 e. The van der Waals surface area contributed by atoms with Crippen molar-refractivity contribution in [2.45, 2.75) is 32.1 Å². The van der Waals surface area contributed by atoms with Crippen LogP contribution in [0.5, 0.6) is 0 Å². The lowest BCUT2D eigenvalue weighted by molar-refractivity contribution is 0.538. The molecule has 2 nitrogen and oxygen atoms in total. The van der Waals surface area contributed by atoms with Crippen molar-refractivity contribution in [3.05, 3.63) is 29.3 Å². The molecule has 2 heteroatoms. The van der Waals surface area contributed by atoms with E-state index in [1.54, 1.807) is 5.56 Å². The van der Waals surface area contributed by atoms with Gasteiger partial charge in [0.05, 0.1) is 0 Å². The first-order valence-corrected chi connectivity index (χ1v) is 6.74. The normalized spacial score (nSPS) is 19.2. The summed E-state index contributed by atoms with van der Waals surface area (Å²) in [5.74, 6) is 0.736. The summed E-state index contributed by atoms with van der Waals surface area (Å²) in [4.78, 5) is 2.39. The van der Waals surface area contributed by atoms with E-state index >= 15 is 0 Å². The Labute approximate surface area is 105 Å². The molecule has 0 saturated carbocycles. The molecule has 1 aliphatic rings. The molecule has 94 valence electrons. The Morgan fingerprint density at radius 2 is 2.24 bits per heavy atom. The zero-order chi connectivity index (χ0) is 12.3. The first-order valence-electron chi connectivity index (χ1n) is 6.74. The first-order chi connectivity index (χ1) is 8.26. The third-order valence-electron chi connectivity index (χ3n) is 3.91. The summed E-state index contributed by atoms with van der Waals surface area (Å²) in [5.41, 5.74) is 4.47. The molecule has 0 fully saturated rings. The Kier molecular flexibility index (Phi) is 4.06. The molecule has 1 aliphatic heterocycles. The molecule has 1 aromatic carbocycles. The quantitative estimate of drug-likeness (QED) is 0.858. The summed E-state index contributed by atoms with van der Waals surface area (Å²) < 4.78 is 0. The van der Waals surface area contributed by atoms with Crippen molar-refractivity contribution in [1.82, 2.24) is 5.32 Å². The summed E-state index contributed by atoms with van der Waals surface area (Å²) in [5, 5.41) is 3.27. The van der Waals surface area contributed by atoms with Crippen molar-refractivity contribution < 1.29 is 0 Å². The average molecular weight is 232 g/mol. The highest BCUT2D eigenvalue weighted by Gasteiger charge is 2.22. The first kappa shape index (κ1) is 12.4. The predicted molar refractivity (Wildman–Crippen MR) is 75.0 cm³/mol. The van der Waals surface area contributed by atoms with Gasteiger partial charge in [0.15, 0.2) is 0 Å². The molecule has 1 N–H and O–H groups in total. The molecule has 0 amide bonds. The lowest BCUT2D eigenvalue weighted by Gasteiger charge is -2.33. The van der Waals surface area contributed by atoms with Crippen LogP contribution < -0.4 is 10.2 Å². The van der Waals surface area contributed by atoms with Gasteiger partial charge >= 0.3 is 0 Å². The zero-order valence-corrected chi connectivity index (χ0v) is 11.3. The third-order valence-corrected chi connectivity index (χ3v) is 3.91. The largest absolute Gasteiger partial charge is 0.374 e. The molecule has 17 heavy (non-hydrogen) atoms. The van der Waals surface area contributed by atoms with E-state index in [0.717, 1.165) is 18.9 Å². The number of nitrogens with zero attached hydrogens (tertiary/aromatic N) is 1. The van der Waals surface area contributed by atoms with E-state index in [-0.39, 0.29) is 0 Å². The molecular formula is C15H24N2. The fourth-order valence-electron chi connectivity index (χ4n) is 2.74. The van der Waals surface area contributed by atoms with E-state index in [9.17, 15) is 0 Å². The minimum atomic E-state index is 0.736. The standard InChI is InChI=1S/C15H24N2/c1-4-12-5-6-15-14(11-12)13(7-9-16-2)8-10-17(15)3/h5-6,11,13,16H,4,7-10H2,1-3H3. The van der Waals surface area contributed by atoms with Crippen LogP contribution in [0.25, 0.3) is 0 Å². The highest BCUT2D eigenvalue weighted by molar-refractivity contribution is 5.58. The molecular weight excluding hydrogens is 208 g/mol. The van der Waals surface area contributed by atoms with Gasteiger partial charge in [-0.25, -0.2) is 0 Å². The molecule has 0 radical (unpaired) electrons. The smallest absolute Gasteiger partial charge is 0.0399 e. The molecule has 1 atom stereocenters. The molecule has 0 spiro atoms. The number of anilines is 1. The van der Waals surface area contributed by atoms with E-state index in [0.29, 0.717) is 0 Å². The van der Waals surface area contributed by atoms with Crippen molar-refractivity contribution in [1.29, 1.82) is 0 Å². The Morgan fingerprint density at radius 1 is 1.41 bits per heavy atom. The lowest BCUT2D eigenvalue weighted by Crippen LogP contribution is -2.28. The Bertz CT molecular complexity index is 373. The average Bonchev–Trinajstić information content (AvgIpc) is 2.37. The number of fused-ring (bicyclic) bond motifs is 1. The van der Waals surface area contributed by atoms with Gasteiger partial charge < -0.3 is 10.2 Å². The third kappa shape index (κ3) is 2.63. The van der Waals surface area contributed by atoms with Gasteiger partial charge in [-0.3, -0.25) is 0 Å². The lowest BCUT2D eigenvalue weighted by atomic mass is 9.86. The summed E-state index contributed by atoms with van der Waals surface area (Å²) in [7, 11) is 4.25. The van der Waals surface area contributed by atoms with E-state index < -0.39 is 0 Å². The van der Waals surface area contributed by atoms with E-state index in [4.69, 9.17) is 0 Å². The van der Waals surface area contributed by atoms with Crippen LogP contribution in [0.2, 0.25) is 0 Å². The van der Waals surface area contributed by atoms with Crippen LogP contribution >= 0.6 is 0 Å². The van der Waals surface area contributed by atoms with Crippen LogP contribution in [0.3, 0.4) is 0 Å². The van der Waals surface area contributed by atoms with Gasteiger partial charge in [-0.05, 0) is 56.0 Å². The highest BCUT2D eigenvalue weighted by atomic mass is 15.1. The summed E-state index contributed by atoms with van der Waals surface area (Å²) >= 11 is 0. The molecule has 2 rings (SSSR count). The van der Waals surface area contributed by atoms with E-state index in [2.05, 4.69) is 42.4 Å². The minimum absolute atomic E-state index is 0.736. The van der Waals surface area contributed by atoms with Crippen molar-refractivity contribution in [2.24, 2.45) is 0 Å². The minimum Gasteiger partial charge on any atom is -0.374 e. The van der Waals surface area contributed by atoms with Gasteiger partial charge in [0.2, 0.25) is 0 Å². The number of hydrogen-bond acceptors (Lipinski definition) is 2. The van der Waals surface area contributed by atoms with Crippen LogP contribution in [0.15, 0.2) is 18.2 Å². The Balaban J connectivity index is 2.28. The number of aryl methyl sites for hydroxylation is 1. The zero-order valence-electron chi connectivity index (χ0n) is 11.3. The molecule has 1 heterocycles. The van der Waals surface area contributed by atoms with Gasteiger partial charge in [0, 0.05) is 19.3 Å². The van der Waals surface area contributed by atoms with Crippen molar-refractivity contribution in [3.8, 4) is 0 Å². The summed E-state index contributed by atoms with van der Waals surface area (Å²) in [6.07, 6.45) is 3.68. The van der Waals surface area contributed by atoms with E-state index in [1.807, 2.05) is 7.05 Å². The number of nitrogens with one attached hydrogen (secondary N) is 1. The van der Waals surface area contributed by atoms with Gasteiger partial charge in [0.25, 0.3) is 0 Å². The predicted octanol–water partition coefficient (Wildman–Crippen LogP) is 2.78. The Morgan fingerprint density at radius 3 is 2.94 bits per heavy atom.